The van der Waals surface area contributed by atoms with Gasteiger partial charge < -0.3 is 14.5 Å². The molecule has 0 aromatic rings. The van der Waals surface area contributed by atoms with Crippen molar-refractivity contribution in [1.82, 2.24) is 9.80 Å². The van der Waals surface area contributed by atoms with Gasteiger partial charge in [0.25, 0.3) is 5.91 Å². The van der Waals surface area contributed by atoms with Crippen molar-refractivity contribution in [1.29, 1.82) is 0 Å². The smallest absolute Gasteiger partial charge is 0.251 e. The first-order chi connectivity index (χ1) is 9.54. The van der Waals surface area contributed by atoms with E-state index in [-0.39, 0.29) is 12.0 Å². The molecule has 4 heteroatoms. The summed E-state index contributed by atoms with van der Waals surface area (Å²) in [6, 6.07) is 0. The minimum Gasteiger partial charge on any atom is -0.367 e. The highest BCUT2D eigenvalue weighted by Gasteiger charge is 2.20. The summed E-state index contributed by atoms with van der Waals surface area (Å²) in [5, 5.41) is 0. The molecule has 1 amide bonds. The van der Waals surface area contributed by atoms with Crippen molar-refractivity contribution < 1.29 is 9.53 Å². The minimum absolute atomic E-state index is 0.142. The largest absolute Gasteiger partial charge is 0.367 e. The van der Waals surface area contributed by atoms with Gasteiger partial charge in [0.05, 0.1) is 6.61 Å². The number of ether oxygens (including phenoxy) is 1. The summed E-state index contributed by atoms with van der Waals surface area (Å²) in [6.45, 7) is 14.0. The van der Waals surface area contributed by atoms with Crippen molar-refractivity contribution in [2.24, 2.45) is 5.92 Å². The molecular formula is C16H32N2O2. The maximum atomic E-state index is 12.2. The van der Waals surface area contributed by atoms with Crippen LogP contribution in [0.15, 0.2) is 0 Å². The first kappa shape index (κ1) is 17.4. The number of carbonyl (C=O) groups excluding carboxylic acids is 1. The average molecular weight is 284 g/mol. The molecule has 1 rings (SSSR count). The molecule has 0 saturated carbocycles. The minimum atomic E-state index is -0.306. The van der Waals surface area contributed by atoms with E-state index in [2.05, 4.69) is 18.7 Å². The van der Waals surface area contributed by atoms with E-state index in [4.69, 9.17) is 4.74 Å². The molecule has 1 saturated heterocycles. The Morgan fingerprint density at radius 3 is 2.60 bits per heavy atom. The number of likely N-dealkylation sites (N-methyl/N-ethyl adjacent to an activating group) is 1. The van der Waals surface area contributed by atoms with Crippen LogP contribution in [0.2, 0.25) is 0 Å². The number of nitrogens with zero attached hydrogens (tertiary/aromatic N) is 2. The van der Waals surface area contributed by atoms with Crippen molar-refractivity contribution >= 4 is 5.91 Å². The fourth-order valence-electron chi connectivity index (χ4n) is 2.53. The quantitative estimate of drug-likeness (QED) is 0.794. The van der Waals surface area contributed by atoms with Gasteiger partial charge in [-0.25, -0.2) is 0 Å². The van der Waals surface area contributed by atoms with Crippen molar-refractivity contribution in [3.8, 4) is 0 Å². The fraction of sp³-hybridized carbons (Fsp3) is 0.938. The maximum absolute atomic E-state index is 12.2. The molecule has 4 nitrogen and oxygen atoms in total. The van der Waals surface area contributed by atoms with E-state index in [1.807, 2.05) is 18.7 Å². The maximum Gasteiger partial charge on any atom is 0.251 e. The van der Waals surface area contributed by atoms with Gasteiger partial charge in [-0.2, -0.15) is 0 Å². The van der Waals surface area contributed by atoms with E-state index in [0.29, 0.717) is 6.61 Å². The highest BCUT2D eigenvalue weighted by atomic mass is 16.5. The van der Waals surface area contributed by atoms with Crippen LogP contribution in [0.3, 0.4) is 0 Å². The Bertz CT molecular complexity index is 282. The standard InChI is InChI=1S/C16H32N2O2/c1-5-18-10-7-6-9-17(11-8-14(2)3)12-13-20-15(4)16(18)19/h14-15H,5-13H2,1-4H3/t15-/m1/s1. The van der Waals surface area contributed by atoms with Gasteiger partial charge in [0.2, 0.25) is 0 Å². The highest BCUT2D eigenvalue weighted by Crippen LogP contribution is 2.08. The topological polar surface area (TPSA) is 32.8 Å². The zero-order valence-corrected chi connectivity index (χ0v) is 13.7. The number of hydrogen-bond donors (Lipinski definition) is 0. The number of amides is 1. The van der Waals surface area contributed by atoms with Crippen molar-refractivity contribution in [3.05, 3.63) is 0 Å². The Labute approximate surface area is 124 Å². The highest BCUT2D eigenvalue weighted by molar-refractivity contribution is 5.80. The van der Waals surface area contributed by atoms with Gasteiger partial charge in [0, 0.05) is 19.6 Å². The molecule has 0 unspecified atom stereocenters. The van der Waals surface area contributed by atoms with E-state index >= 15 is 0 Å². The summed E-state index contributed by atoms with van der Waals surface area (Å²) in [5.41, 5.74) is 0. The Balaban J connectivity index is 2.51. The van der Waals surface area contributed by atoms with Crippen molar-refractivity contribution in [3.63, 3.8) is 0 Å². The lowest BCUT2D eigenvalue weighted by Gasteiger charge is -2.24. The van der Waals surface area contributed by atoms with Gasteiger partial charge in [-0.1, -0.05) is 13.8 Å². The molecular weight excluding hydrogens is 252 g/mol. The average Bonchev–Trinajstić information content (AvgIpc) is 2.44. The summed E-state index contributed by atoms with van der Waals surface area (Å²) in [4.78, 5) is 16.6. The van der Waals surface area contributed by atoms with Crippen LogP contribution >= 0.6 is 0 Å². The summed E-state index contributed by atoms with van der Waals surface area (Å²) >= 11 is 0. The molecule has 0 N–H and O–H groups in total. The van der Waals surface area contributed by atoms with Gasteiger partial charge in [-0.15, -0.1) is 0 Å². The third-order valence-electron chi connectivity index (χ3n) is 3.99. The predicted octanol–water partition coefficient (Wildman–Crippen LogP) is 2.38. The fourth-order valence-corrected chi connectivity index (χ4v) is 2.53. The Morgan fingerprint density at radius 2 is 1.95 bits per heavy atom. The molecule has 1 heterocycles. The zero-order chi connectivity index (χ0) is 15.0. The Hall–Kier alpha value is -0.610. The van der Waals surface area contributed by atoms with Crippen LogP contribution < -0.4 is 0 Å². The Kier molecular flexibility index (Phi) is 8.15. The summed E-state index contributed by atoms with van der Waals surface area (Å²) < 4.78 is 5.72. The van der Waals surface area contributed by atoms with Gasteiger partial charge in [-0.3, -0.25) is 4.79 Å². The first-order valence-electron chi connectivity index (χ1n) is 8.17. The Morgan fingerprint density at radius 1 is 1.25 bits per heavy atom. The van der Waals surface area contributed by atoms with Gasteiger partial charge in [0.1, 0.15) is 6.10 Å². The van der Waals surface area contributed by atoms with E-state index in [1.165, 1.54) is 6.42 Å². The second-order valence-corrected chi connectivity index (χ2v) is 6.16. The van der Waals surface area contributed by atoms with Crippen LogP contribution in [0.5, 0.6) is 0 Å². The summed E-state index contributed by atoms with van der Waals surface area (Å²) in [5.74, 6) is 0.883. The molecule has 1 atom stereocenters. The molecule has 1 fully saturated rings. The summed E-state index contributed by atoms with van der Waals surface area (Å²) in [6.07, 6.45) is 3.18. The van der Waals surface area contributed by atoms with E-state index in [1.54, 1.807) is 0 Å². The van der Waals surface area contributed by atoms with Gasteiger partial charge in [-0.05, 0) is 52.1 Å². The normalized spacial score (nSPS) is 23.9. The molecule has 0 aromatic heterocycles. The molecule has 20 heavy (non-hydrogen) atoms. The lowest BCUT2D eigenvalue weighted by Crippen LogP contribution is -2.40. The molecule has 1 aliphatic heterocycles. The van der Waals surface area contributed by atoms with Gasteiger partial charge in [0.15, 0.2) is 0 Å². The number of hydrogen-bond acceptors (Lipinski definition) is 3. The zero-order valence-electron chi connectivity index (χ0n) is 13.7. The molecule has 118 valence electrons. The van der Waals surface area contributed by atoms with Crippen LogP contribution in [0.4, 0.5) is 0 Å². The van der Waals surface area contributed by atoms with Crippen molar-refractivity contribution in [2.45, 2.75) is 53.1 Å². The number of carbonyl (C=O) groups is 1. The molecule has 0 bridgehead atoms. The van der Waals surface area contributed by atoms with Crippen LogP contribution in [0.25, 0.3) is 0 Å². The third-order valence-corrected chi connectivity index (χ3v) is 3.99. The molecule has 0 radical (unpaired) electrons. The van der Waals surface area contributed by atoms with E-state index < -0.39 is 0 Å². The number of rotatable bonds is 4. The monoisotopic (exact) mass is 284 g/mol. The van der Waals surface area contributed by atoms with Crippen LogP contribution in [-0.2, 0) is 9.53 Å². The van der Waals surface area contributed by atoms with Gasteiger partial charge >= 0.3 is 0 Å². The van der Waals surface area contributed by atoms with E-state index in [9.17, 15) is 4.79 Å². The molecule has 0 spiro atoms. The third kappa shape index (κ3) is 6.23. The van der Waals surface area contributed by atoms with Crippen LogP contribution in [-0.4, -0.2) is 61.1 Å². The molecule has 0 aliphatic carbocycles. The van der Waals surface area contributed by atoms with Crippen LogP contribution in [0, 0.1) is 5.92 Å². The SMILES string of the molecule is CCN1CCCCN(CCC(C)C)CCO[C@H](C)C1=O. The van der Waals surface area contributed by atoms with Crippen molar-refractivity contribution in [2.75, 3.05) is 39.3 Å². The lowest BCUT2D eigenvalue weighted by atomic mass is 10.1. The lowest BCUT2D eigenvalue weighted by molar-refractivity contribution is -0.142. The molecule has 0 aromatic carbocycles. The first-order valence-corrected chi connectivity index (χ1v) is 8.17. The second kappa shape index (κ2) is 9.35. The van der Waals surface area contributed by atoms with Crippen LogP contribution in [0.1, 0.15) is 47.0 Å². The predicted molar refractivity (Wildman–Crippen MR) is 82.8 cm³/mol. The van der Waals surface area contributed by atoms with E-state index in [0.717, 1.165) is 51.5 Å². The second-order valence-electron chi connectivity index (χ2n) is 6.16. The summed E-state index contributed by atoms with van der Waals surface area (Å²) in [7, 11) is 0. The molecule has 1 aliphatic rings.